The number of unbranched alkanes of at least 4 members (excludes halogenated alkanes) is 1. The maximum absolute atomic E-state index is 12.0. The Balaban J connectivity index is 0.00000324. The third kappa shape index (κ3) is 8.54. The second kappa shape index (κ2) is 9.66. The Kier molecular flexibility index (Phi) is 9.55. The topological polar surface area (TPSA) is 27.6 Å². The van der Waals surface area contributed by atoms with Gasteiger partial charge in [-0.2, -0.15) is 13.2 Å². The summed E-state index contributed by atoms with van der Waals surface area (Å²) < 4.78 is 35.9. The van der Waals surface area contributed by atoms with Crippen molar-refractivity contribution in [1.82, 2.24) is 10.2 Å². The van der Waals surface area contributed by atoms with Gasteiger partial charge in [-0.25, -0.2) is 0 Å². The van der Waals surface area contributed by atoms with Crippen LogP contribution in [-0.2, 0) is 0 Å². The Hall–Kier alpha value is -0.210. The molecule has 0 aromatic rings. The van der Waals surface area contributed by atoms with E-state index in [2.05, 4.69) is 15.2 Å². The summed E-state index contributed by atoms with van der Waals surface area (Å²) in [5.41, 5.74) is 0. The number of hydrogen-bond donors (Lipinski definition) is 1. The fourth-order valence-electron chi connectivity index (χ4n) is 1.98. The molecule has 0 bridgehead atoms. The maximum atomic E-state index is 12.0. The van der Waals surface area contributed by atoms with Crippen molar-refractivity contribution >= 4 is 29.9 Å². The average Bonchev–Trinajstić information content (AvgIpc) is 2.79. The van der Waals surface area contributed by atoms with Crippen molar-refractivity contribution < 1.29 is 13.2 Å². The van der Waals surface area contributed by atoms with Crippen LogP contribution in [0.15, 0.2) is 4.99 Å². The van der Waals surface area contributed by atoms with Crippen molar-refractivity contribution in [2.75, 3.05) is 26.2 Å². The number of rotatable bonds is 5. The number of alkyl halides is 3. The summed E-state index contributed by atoms with van der Waals surface area (Å²) in [6.07, 6.45) is -1.77. The lowest BCUT2D eigenvalue weighted by atomic mass is 10.2. The lowest BCUT2D eigenvalue weighted by Gasteiger charge is -2.20. The Morgan fingerprint density at radius 2 is 1.84 bits per heavy atom. The number of likely N-dealkylation sites (tertiary alicyclic amines) is 1. The van der Waals surface area contributed by atoms with E-state index in [0.29, 0.717) is 13.0 Å². The zero-order valence-electron chi connectivity index (χ0n) is 11.3. The quantitative estimate of drug-likeness (QED) is 0.336. The Morgan fingerprint density at radius 3 is 2.37 bits per heavy atom. The summed E-state index contributed by atoms with van der Waals surface area (Å²) in [5.74, 6) is 0.849. The molecule has 0 spiro atoms. The van der Waals surface area contributed by atoms with E-state index >= 15 is 0 Å². The summed E-state index contributed by atoms with van der Waals surface area (Å²) >= 11 is 0. The van der Waals surface area contributed by atoms with Crippen molar-refractivity contribution in [1.29, 1.82) is 0 Å². The molecule has 0 amide bonds. The molecule has 1 fully saturated rings. The minimum absolute atomic E-state index is 0. The molecule has 1 aliphatic heterocycles. The van der Waals surface area contributed by atoms with Gasteiger partial charge in [-0.1, -0.05) is 0 Å². The highest BCUT2D eigenvalue weighted by Crippen LogP contribution is 2.22. The van der Waals surface area contributed by atoms with Crippen molar-refractivity contribution in [3.8, 4) is 0 Å². The first-order valence-corrected chi connectivity index (χ1v) is 6.63. The van der Waals surface area contributed by atoms with E-state index in [1.165, 1.54) is 12.8 Å². The molecule has 0 radical (unpaired) electrons. The molecule has 1 aliphatic rings. The maximum Gasteiger partial charge on any atom is 0.389 e. The van der Waals surface area contributed by atoms with Crippen LogP contribution >= 0.6 is 24.0 Å². The van der Waals surface area contributed by atoms with Crippen LogP contribution in [0.1, 0.15) is 39.0 Å². The third-order valence-electron chi connectivity index (χ3n) is 2.87. The van der Waals surface area contributed by atoms with Crippen LogP contribution in [0.5, 0.6) is 0 Å². The minimum atomic E-state index is -4.04. The molecule has 0 aliphatic carbocycles. The highest BCUT2D eigenvalue weighted by Gasteiger charge is 2.25. The summed E-state index contributed by atoms with van der Waals surface area (Å²) in [5, 5.41) is 3.19. The van der Waals surface area contributed by atoms with Gasteiger partial charge in [-0.15, -0.1) is 24.0 Å². The fourth-order valence-corrected chi connectivity index (χ4v) is 1.98. The van der Waals surface area contributed by atoms with E-state index in [0.717, 1.165) is 25.6 Å². The molecular weight excluding hydrogens is 370 g/mol. The lowest BCUT2D eigenvalue weighted by Crippen LogP contribution is -2.39. The lowest BCUT2D eigenvalue weighted by molar-refractivity contribution is -0.135. The van der Waals surface area contributed by atoms with E-state index in [1.54, 1.807) is 0 Å². The molecule has 0 aromatic heterocycles. The highest BCUT2D eigenvalue weighted by molar-refractivity contribution is 14.0. The van der Waals surface area contributed by atoms with Crippen molar-refractivity contribution in [3.63, 3.8) is 0 Å². The molecule has 1 saturated heterocycles. The number of nitrogens with zero attached hydrogens (tertiary/aromatic N) is 2. The first-order chi connectivity index (χ1) is 8.53. The third-order valence-corrected chi connectivity index (χ3v) is 2.87. The number of nitrogens with one attached hydrogen (secondary N) is 1. The van der Waals surface area contributed by atoms with Crippen molar-refractivity contribution in [3.05, 3.63) is 0 Å². The van der Waals surface area contributed by atoms with E-state index in [1.807, 2.05) is 6.92 Å². The molecule has 1 rings (SSSR count). The molecular formula is C12H23F3IN3. The van der Waals surface area contributed by atoms with E-state index in [4.69, 9.17) is 0 Å². The van der Waals surface area contributed by atoms with Crippen LogP contribution < -0.4 is 5.32 Å². The van der Waals surface area contributed by atoms with Gasteiger partial charge in [-0.3, -0.25) is 4.99 Å². The van der Waals surface area contributed by atoms with Crippen molar-refractivity contribution in [2.45, 2.75) is 45.2 Å². The number of guanidine groups is 1. The normalized spacial score (nSPS) is 16.4. The van der Waals surface area contributed by atoms with Crippen LogP contribution in [0.4, 0.5) is 13.2 Å². The van der Waals surface area contributed by atoms with Gasteiger partial charge in [0.05, 0.1) is 0 Å². The molecule has 1 N–H and O–H groups in total. The standard InChI is InChI=1S/C12H22F3N3.HI/c1-2-16-11(18-9-5-6-10-18)17-8-4-3-7-12(13,14)15;/h2-10H2,1H3,(H,16,17);1H. The average molecular weight is 393 g/mol. The summed E-state index contributed by atoms with van der Waals surface area (Å²) in [6, 6.07) is 0. The fraction of sp³-hybridized carbons (Fsp3) is 0.917. The van der Waals surface area contributed by atoms with Gasteiger partial charge in [0, 0.05) is 32.6 Å². The van der Waals surface area contributed by atoms with Crippen LogP contribution in [-0.4, -0.2) is 43.2 Å². The van der Waals surface area contributed by atoms with E-state index in [9.17, 15) is 13.2 Å². The molecule has 114 valence electrons. The molecule has 0 aromatic carbocycles. The van der Waals surface area contributed by atoms with Gasteiger partial charge < -0.3 is 10.2 Å². The van der Waals surface area contributed by atoms with E-state index < -0.39 is 12.6 Å². The second-order valence-corrected chi connectivity index (χ2v) is 4.50. The molecule has 1 heterocycles. The van der Waals surface area contributed by atoms with Crippen LogP contribution in [0.2, 0.25) is 0 Å². The van der Waals surface area contributed by atoms with Gasteiger partial charge in [0.15, 0.2) is 5.96 Å². The summed E-state index contributed by atoms with van der Waals surface area (Å²) in [6.45, 7) is 5.24. The Bertz CT molecular complexity index is 263. The minimum Gasteiger partial charge on any atom is -0.357 e. The molecule has 3 nitrogen and oxygen atoms in total. The first kappa shape index (κ1) is 18.8. The summed E-state index contributed by atoms with van der Waals surface area (Å²) in [7, 11) is 0. The van der Waals surface area contributed by atoms with E-state index in [-0.39, 0.29) is 30.4 Å². The van der Waals surface area contributed by atoms with Gasteiger partial charge in [0.1, 0.15) is 0 Å². The predicted octanol–water partition coefficient (Wildman–Crippen LogP) is 3.40. The van der Waals surface area contributed by atoms with Gasteiger partial charge in [0.2, 0.25) is 0 Å². The molecule has 19 heavy (non-hydrogen) atoms. The smallest absolute Gasteiger partial charge is 0.357 e. The largest absolute Gasteiger partial charge is 0.389 e. The Morgan fingerprint density at radius 1 is 1.21 bits per heavy atom. The second-order valence-electron chi connectivity index (χ2n) is 4.50. The molecule has 0 unspecified atom stereocenters. The Labute approximate surface area is 130 Å². The zero-order valence-corrected chi connectivity index (χ0v) is 13.6. The highest BCUT2D eigenvalue weighted by atomic mass is 127. The van der Waals surface area contributed by atoms with Gasteiger partial charge in [0.25, 0.3) is 0 Å². The van der Waals surface area contributed by atoms with Crippen LogP contribution in [0.3, 0.4) is 0 Å². The van der Waals surface area contributed by atoms with Crippen molar-refractivity contribution in [2.24, 2.45) is 4.99 Å². The first-order valence-electron chi connectivity index (χ1n) is 6.63. The number of aliphatic imine (C=N–C) groups is 1. The number of halogens is 4. The molecule has 7 heteroatoms. The predicted molar refractivity (Wildman–Crippen MR) is 82.1 cm³/mol. The SMILES string of the molecule is CCNC(=NCCCCC(F)(F)F)N1CCCC1.I. The van der Waals surface area contributed by atoms with Gasteiger partial charge in [-0.05, 0) is 32.6 Å². The van der Waals surface area contributed by atoms with Crippen LogP contribution in [0.25, 0.3) is 0 Å². The zero-order chi connectivity index (χ0) is 13.4. The van der Waals surface area contributed by atoms with Crippen LogP contribution in [0, 0.1) is 0 Å². The number of hydrogen-bond acceptors (Lipinski definition) is 1. The molecule has 0 atom stereocenters. The summed E-state index contributed by atoms with van der Waals surface area (Å²) in [4.78, 5) is 6.55. The van der Waals surface area contributed by atoms with Gasteiger partial charge >= 0.3 is 6.18 Å². The monoisotopic (exact) mass is 393 g/mol. The molecule has 0 saturated carbocycles.